The van der Waals surface area contributed by atoms with E-state index in [9.17, 15) is 9.59 Å². The Labute approximate surface area is 122 Å². The van der Waals surface area contributed by atoms with Gasteiger partial charge in [-0.2, -0.15) is 0 Å². The number of rotatable bonds is 4. The summed E-state index contributed by atoms with van der Waals surface area (Å²) < 4.78 is 5.23. The maximum atomic E-state index is 11.8. The van der Waals surface area contributed by atoms with Crippen molar-refractivity contribution in [3.8, 4) is 0 Å². The lowest BCUT2D eigenvalue weighted by atomic mass is 10.2. The fourth-order valence-electron chi connectivity index (χ4n) is 1.88. The zero-order chi connectivity index (χ0) is 14.7. The fourth-order valence-corrected chi connectivity index (χ4v) is 2.00. The summed E-state index contributed by atoms with van der Waals surface area (Å²) in [5.74, 6) is -0.134. The predicted molar refractivity (Wildman–Crippen MR) is 76.9 cm³/mol. The van der Waals surface area contributed by atoms with Gasteiger partial charge in [0.1, 0.15) is 6.10 Å². The van der Waals surface area contributed by atoms with Crippen molar-refractivity contribution in [2.45, 2.75) is 20.0 Å². The van der Waals surface area contributed by atoms with Crippen LogP contribution in [0.2, 0.25) is 5.02 Å². The topological polar surface area (TPSA) is 58.6 Å². The molecule has 0 radical (unpaired) electrons. The first kappa shape index (κ1) is 14.7. The van der Waals surface area contributed by atoms with Crippen LogP contribution in [-0.2, 0) is 9.53 Å². The molecule has 1 heterocycles. The number of amides is 2. The molecule has 2 amide bonds. The average Bonchev–Trinajstić information content (AvgIpc) is 2.78. The van der Waals surface area contributed by atoms with Gasteiger partial charge < -0.3 is 10.1 Å². The first-order valence-corrected chi connectivity index (χ1v) is 6.86. The molecule has 2 rings (SSSR count). The second-order valence-electron chi connectivity index (χ2n) is 4.99. The molecule has 1 aliphatic rings. The molecule has 1 aliphatic heterocycles. The number of nitrogens with zero attached hydrogens (tertiary/aromatic N) is 1. The number of hydrogen-bond donors (Lipinski definition) is 1. The molecule has 6 heteroatoms. The third kappa shape index (κ3) is 3.42. The van der Waals surface area contributed by atoms with Gasteiger partial charge in [-0.25, -0.2) is 4.79 Å². The summed E-state index contributed by atoms with van der Waals surface area (Å²) in [6.07, 6.45) is -0.739. The number of halogens is 1. The highest BCUT2D eigenvalue weighted by molar-refractivity contribution is 6.30. The highest BCUT2D eigenvalue weighted by Gasteiger charge is 2.32. The smallest absolute Gasteiger partial charge is 0.414 e. The van der Waals surface area contributed by atoms with Gasteiger partial charge in [0, 0.05) is 16.6 Å². The van der Waals surface area contributed by atoms with E-state index in [1.165, 1.54) is 4.90 Å². The number of anilines is 1. The summed E-state index contributed by atoms with van der Waals surface area (Å²) in [6, 6.07) is 6.97. The van der Waals surface area contributed by atoms with Gasteiger partial charge in [-0.15, -0.1) is 0 Å². The number of ether oxygens (including phenoxy) is 1. The van der Waals surface area contributed by atoms with Crippen LogP contribution in [0.25, 0.3) is 0 Å². The molecule has 0 aliphatic carbocycles. The lowest BCUT2D eigenvalue weighted by Gasteiger charge is -2.13. The number of cyclic esters (lactones) is 1. The van der Waals surface area contributed by atoms with Crippen molar-refractivity contribution in [3.05, 3.63) is 29.3 Å². The summed E-state index contributed by atoms with van der Waals surface area (Å²) in [6.45, 7) is 4.37. The Hall–Kier alpha value is -1.75. The van der Waals surface area contributed by atoms with E-state index in [0.29, 0.717) is 18.1 Å². The first-order chi connectivity index (χ1) is 9.47. The van der Waals surface area contributed by atoms with Crippen LogP contribution in [0, 0.1) is 5.92 Å². The first-order valence-electron chi connectivity index (χ1n) is 6.49. The van der Waals surface area contributed by atoms with Gasteiger partial charge in [-0.05, 0) is 24.3 Å². The summed E-state index contributed by atoms with van der Waals surface area (Å²) >= 11 is 5.82. The van der Waals surface area contributed by atoms with Gasteiger partial charge in [0.05, 0.1) is 13.1 Å². The Morgan fingerprint density at radius 2 is 2.10 bits per heavy atom. The van der Waals surface area contributed by atoms with Crippen LogP contribution in [0.4, 0.5) is 10.5 Å². The van der Waals surface area contributed by atoms with Gasteiger partial charge in [-0.1, -0.05) is 25.4 Å². The molecular weight excluding hydrogens is 280 g/mol. The zero-order valence-corrected chi connectivity index (χ0v) is 12.2. The predicted octanol–water partition coefficient (Wildman–Crippen LogP) is 2.44. The van der Waals surface area contributed by atoms with Gasteiger partial charge in [-0.3, -0.25) is 9.69 Å². The minimum atomic E-state index is -0.406. The van der Waals surface area contributed by atoms with E-state index in [-0.39, 0.29) is 17.9 Å². The SMILES string of the molecule is CC(C)C(=O)NC[C@@H]1CN(c2ccc(Cl)cc2)C(=O)O1. The van der Waals surface area contributed by atoms with Gasteiger partial charge in [0.25, 0.3) is 0 Å². The van der Waals surface area contributed by atoms with Gasteiger partial charge in [0.2, 0.25) is 5.91 Å². The van der Waals surface area contributed by atoms with E-state index in [0.717, 1.165) is 5.69 Å². The molecule has 1 N–H and O–H groups in total. The van der Waals surface area contributed by atoms with Crippen LogP contribution < -0.4 is 10.2 Å². The molecular formula is C14H17ClN2O3. The van der Waals surface area contributed by atoms with E-state index >= 15 is 0 Å². The van der Waals surface area contributed by atoms with E-state index in [4.69, 9.17) is 16.3 Å². The molecule has 1 saturated heterocycles. The largest absolute Gasteiger partial charge is 0.442 e. The molecule has 0 aromatic heterocycles. The molecule has 0 spiro atoms. The Balaban J connectivity index is 1.94. The van der Waals surface area contributed by atoms with E-state index in [1.807, 2.05) is 13.8 Å². The molecule has 1 atom stereocenters. The normalized spacial score (nSPS) is 18.3. The third-order valence-corrected chi connectivity index (χ3v) is 3.29. The van der Waals surface area contributed by atoms with Crippen molar-refractivity contribution < 1.29 is 14.3 Å². The second-order valence-corrected chi connectivity index (χ2v) is 5.43. The van der Waals surface area contributed by atoms with Crippen molar-refractivity contribution >= 4 is 29.3 Å². The van der Waals surface area contributed by atoms with Crippen molar-refractivity contribution in [2.24, 2.45) is 5.92 Å². The summed E-state index contributed by atoms with van der Waals surface area (Å²) in [4.78, 5) is 24.8. The summed E-state index contributed by atoms with van der Waals surface area (Å²) in [7, 11) is 0. The number of benzene rings is 1. The number of hydrogen-bond acceptors (Lipinski definition) is 3. The Kier molecular flexibility index (Phi) is 4.49. The maximum absolute atomic E-state index is 11.8. The molecule has 20 heavy (non-hydrogen) atoms. The monoisotopic (exact) mass is 296 g/mol. The molecule has 1 aromatic rings. The highest BCUT2D eigenvalue weighted by atomic mass is 35.5. The highest BCUT2D eigenvalue weighted by Crippen LogP contribution is 2.23. The zero-order valence-electron chi connectivity index (χ0n) is 11.4. The Morgan fingerprint density at radius 3 is 2.70 bits per heavy atom. The maximum Gasteiger partial charge on any atom is 0.414 e. The van der Waals surface area contributed by atoms with E-state index < -0.39 is 6.09 Å². The average molecular weight is 297 g/mol. The molecule has 0 unspecified atom stereocenters. The van der Waals surface area contributed by atoms with E-state index in [2.05, 4.69) is 5.32 Å². The Bertz CT molecular complexity index is 502. The minimum absolute atomic E-state index is 0.0500. The van der Waals surface area contributed by atoms with E-state index in [1.54, 1.807) is 24.3 Å². The number of carbonyl (C=O) groups excluding carboxylic acids is 2. The molecule has 5 nitrogen and oxygen atoms in total. The third-order valence-electron chi connectivity index (χ3n) is 3.04. The molecule has 1 aromatic carbocycles. The van der Waals surface area contributed by atoms with Crippen molar-refractivity contribution in [1.82, 2.24) is 5.32 Å². The van der Waals surface area contributed by atoms with Crippen molar-refractivity contribution in [1.29, 1.82) is 0 Å². The van der Waals surface area contributed by atoms with Crippen LogP contribution in [0.1, 0.15) is 13.8 Å². The number of nitrogens with one attached hydrogen (secondary N) is 1. The second kappa shape index (κ2) is 6.13. The van der Waals surface area contributed by atoms with Crippen molar-refractivity contribution in [3.63, 3.8) is 0 Å². The van der Waals surface area contributed by atoms with Gasteiger partial charge >= 0.3 is 6.09 Å². The summed E-state index contributed by atoms with van der Waals surface area (Å²) in [5, 5.41) is 3.37. The van der Waals surface area contributed by atoms with Gasteiger partial charge in [0.15, 0.2) is 0 Å². The summed E-state index contributed by atoms with van der Waals surface area (Å²) in [5.41, 5.74) is 0.733. The quantitative estimate of drug-likeness (QED) is 0.928. The minimum Gasteiger partial charge on any atom is -0.442 e. The fraction of sp³-hybridized carbons (Fsp3) is 0.429. The lowest BCUT2D eigenvalue weighted by Crippen LogP contribution is -2.36. The lowest BCUT2D eigenvalue weighted by molar-refractivity contribution is -0.124. The van der Waals surface area contributed by atoms with Crippen LogP contribution in [0.15, 0.2) is 24.3 Å². The molecule has 0 bridgehead atoms. The molecule has 0 saturated carbocycles. The molecule has 108 valence electrons. The molecule has 1 fully saturated rings. The standard InChI is InChI=1S/C14H17ClN2O3/c1-9(2)13(18)16-7-12-8-17(14(19)20-12)11-5-3-10(15)4-6-11/h3-6,9,12H,7-8H2,1-2H3,(H,16,18)/t12-/m1/s1. The number of carbonyl (C=O) groups is 2. The van der Waals surface area contributed by atoms with Crippen molar-refractivity contribution in [2.75, 3.05) is 18.0 Å². The van der Waals surface area contributed by atoms with Crippen LogP contribution in [-0.4, -0.2) is 31.2 Å². The Morgan fingerprint density at radius 1 is 1.45 bits per heavy atom. The van der Waals surface area contributed by atoms with Crippen LogP contribution >= 0.6 is 11.6 Å². The van der Waals surface area contributed by atoms with Crippen LogP contribution in [0.5, 0.6) is 0 Å². The van der Waals surface area contributed by atoms with Crippen LogP contribution in [0.3, 0.4) is 0 Å².